The van der Waals surface area contributed by atoms with E-state index in [2.05, 4.69) is 5.32 Å². The summed E-state index contributed by atoms with van der Waals surface area (Å²) < 4.78 is 37.4. The summed E-state index contributed by atoms with van der Waals surface area (Å²) in [6.45, 7) is 5.04. The highest BCUT2D eigenvalue weighted by atomic mass is 35.5. The number of likely N-dealkylation sites (N-methyl/N-ethyl adjacent to an activating group) is 1. The second-order valence-electron chi connectivity index (χ2n) is 8.49. The van der Waals surface area contributed by atoms with Crippen LogP contribution in [0.15, 0.2) is 42.5 Å². The number of hydrogen-bond acceptors (Lipinski definition) is 6. The Labute approximate surface area is 217 Å². The number of carbonyl (C=O) groups excluding carboxylic acids is 2. The molecular formula is C25H32ClN3O6S. The molecule has 1 N–H and O–H groups in total. The number of anilines is 1. The van der Waals surface area contributed by atoms with Gasteiger partial charge >= 0.3 is 0 Å². The van der Waals surface area contributed by atoms with Gasteiger partial charge in [0.15, 0.2) is 11.5 Å². The molecule has 0 bridgehead atoms. The molecule has 1 aliphatic heterocycles. The Balaban J connectivity index is 1.73. The van der Waals surface area contributed by atoms with Crippen molar-refractivity contribution in [3.05, 3.63) is 53.1 Å². The molecule has 11 heteroatoms. The Morgan fingerprint density at radius 3 is 2.50 bits per heavy atom. The van der Waals surface area contributed by atoms with Gasteiger partial charge in [0.05, 0.1) is 11.9 Å². The minimum absolute atomic E-state index is 0.0564. The lowest BCUT2D eigenvalue weighted by Gasteiger charge is -2.29. The van der Waals surface area contributed by atoms with Crippen molar-refractivity contribution >= 4 is 39.1 Å². The number of nitrogens with zero attached hydrogens (tertiary/aromatic N) is 2. The summed E-state index contributed by atoms with van der Waals surface area (Å²) in [5.41, 5.74) is 1.22. The third-order valence-corrected chi connectivity index (χ3v) is 7.16. The van der Waals surface area contributed by atoms with Crippen molar-refractivity contribution < 1.29 is 27.5 Å². The second-order valence-corrected chi connectivity index (χ2v) is 10.8. The van der Waals surface area contributed by atoms with Crippen molar-refractivity contribution in [3.8, 4) is 11.5 Å². The molecule has 1 aliphatic rings. The quantitative estimate of drug-likeness (QED) is 0.472. The van der Waals surface area contributed by atoms with Gasteiger partial charge in [0, 0.05) is 37.1 Å². The topological polar surface area (TPSA) is 105 Å². The fourth-order valence-electron chi connectivity index (χ4n) is 3.93. The normalized spacial score (nSPS) is 13.6. The van der Waals surface area contributed by atoms with Gasteiger partial charge in [-0.3, -0.25) is 13.9 Å². The molecule has 0 saturated heterocycles. The highest BCUT2D eigenvalue weighted by Gasteiger charge is 2.27. The molecule has 1 atom stereocenters. The van der Waals surface area contributed by atoms with Crippen LogP contribution in [0.1, 0.15) is 32.3 Å². The van der Waals surface area contributed by atoms with Crippen molar-refractivity contribution in [1.29, 1.82) is 0 Å². The maximum atomic E-state index is 13.3. The molecule has 0 saturated carbocycles. The molecule has 0 aliphatic carbocycles. The standard InChI is InChI=1S/C25H32ClN3O6S/c1-4-27-25(31)18(2)28(17-19-7-5-8-20(26)15-19)24(30)9-6-12-29(36(3,32)33)21-10-11-22-23(16-21)35-14-13-34-22/h5,7-8,10-11,15-16,18H,4,6,9,12-14,17H2,1-3H3,(H,27,31)/t18-/m0/s1. The van der Waals surface area contributed by atoms with E-state index in [-0.39, 0.29) is 37.7 Å². The zero-order chi connectivity index (χ0) is 26.3. The fraction of sp³-hybridized carbons (Fsp3) is 0.440. The molecule has 3 rings (SSSR count). The first-order chi connectivity index (χ1) is 17.1. The summed E-state index contributed by atoms with van der Waals surface area (Å²) in [5.74, 6) is 0.517. The van der Waals surface area contributed by atoms with Crippen LogP contribution in [0.5, 0.6) is 11.5 Å². The van der Waals surface area contributed by atoms with Crippen LogP contribution in [0, 0.1) is 0 Å². The molecule has 0 fully saturated rings. The SMILES string of the molecule is CCNC(=O)[C@H](C)N(Cc1cccc(Cl)c1)C(=O)CCCN(c1ccc2c(c1)OCCO2)S(C)(=O)=O. The van der Waals surface area contributed by atoms with Gasteiger partial charge in [-0.2, -0.15) is 0 Å². The van der Waals surface area contributed by atoms with Crippen molar-refractivity contribution in [3.63, 3.8) is 0 Å². The molecule has 0 spiro atoms. The fourth-order valence-corrected chi connectivity index (χ4v) is 5.10. The van der Waals surface area contributed by atoms with E-state index in [9.17, 15) is 18.0 Å². The maximum Gasteiger partial charge on any atom is 0.242 e. The lowest BCUT2D eigenvalue weighted by Crippen LogP contribution is -2.47. The van der Waals surface area contributed by atoms with Crippen LogP contribution in [-0.4, -0.2) is 63.7 Å². The van der Waals surface area contributed by atoms with E-state index in [1.807, 2.05) is 13.0 Å². The smallest absolute Gasteiger partial charge is 0.242 e. The van der Waals surface area contributed by atoms with Gasteiger partial charge in [-0.25, -0.2) is 8.42 Å². The van der Waals surface area contributed by atoms with Crippen LogP contribution in [-0.2, 0) is 26.2 Å². The highest BCUT2D eigenvalue weighted by molar-refractivity contribution is 7.92. The number of carbonyl (C=O) groups is 2. The lowest BCUT2D eigenvalue weighted by atomic mass is 10.1. The van der Waals surface area contributed by atoms with Crippen molar-refractivity contribution in [2.45, 2.75) is 39.3 Å². The first-order valence-corrected chi connectivity index (χ1v) is 14.0. The largest absolute Gasteiger partial charge is 0.486 e. The summed E-state index contributed by atoms with van der Waals surface area (Å²) in [6.07, 6.45) is 1.43. The monoisotopic (exact) mass is 537 g/mol. The third kappa shape index (κ3) is 7.27. The number of ether oxygens (including phenoxy) is 2. The minimum atomic E-state index is -3.62. The summed E-state index contributed by atoms with van der Waals surface area (Å²) >= 11 is 6.10. The molecule has 36 heavy (non-hydrogen) atoms. The predicted octanol–water partition coefficient (Wildman–Crippen LogP) is 3.21. The van der Waals surface area contributed by atoms with Crippen LogP contribution in [0.4, 0.5) is 5.69 Å². The Morgan fingerprint density at radius 1 is 1.11 bits per heavy atom. The van der Waals surface area contributed by atoms with Gasteiger partial charge in [0.25, 0.3) is 0 Å². The molecular weight excluding hydrogens is 506 g/mol. The van der Waals surface area contributed by atoms with E-state index < -0.39 is 16.1 Å². The van der Waals surface area contributed by atoms with Crippen molar-refractivity contribution in [2.24, 2.45) is 0 Å². The summed E-state index contributed by atoms with van der Waals surface area (Å²) in [6, 6.07) is 11.4. The summed E-state index contributed by atoms with van der Waals surface area (Å²) in [7, 11) is -3.62. The Hall–Kier alpha value is -2.98. The first-order valence-electron chi connectivity index (χ1n) is 11.8. The predicted molar refractivity (Wildman–Crippen MR) is 139 cm³/mol. The average molecular weight is 538 g/mol. The van der Waals surface area contributed by atoms with E-state index >= 15 is 0 Å². The molecule has 0 unspecified atom stereocenters. The van der Waals surface area contributed by atoms with E-state index in [4.69, 9.17) is 21.1 Å². The number of sulfonamides is 1. The zero-order valence-electron chi connectivity index (χ0n) is 20.7. The Bertz CT molecular complexity index is 1190. The Morgan fingerprint density at radius 2 is 1.83 bits per heavy atom. The summed E-state index contributed by atoms with van der Waals surface area (Å²) in [4.78, 5) is 27.3. The number of fused-ring (bicyclic) bond motifs is 1. The third-order valence-electron chi connectivity index (χ3n) is 5.73. The first kappa shape index (κ1) is 27.6. The van der Waals surface area contributed by atoms with Gasteiger partial charge in [0.1, 0.15) is 19.3 Å². The number of amides is 2. The van der Waals surface area contributed by atoms with Crippen LogP contribution in [0.2, 0.25) is 5.02 Å². The van der Waals surface area contributed by atoms with E-state index in [1.54, 1.807) is 43.3 Å². The zero-order valence-corrected chi connectivity index (χ0v) is 22.3. The van der Waals surface area contributed by atoms with Gasteiger partial charge < -0.3 is 19.7 Å². The molecule has 2 aromatic carbocycles. The number of rotatable bonds is 11. The van der Waals surface area contributed by atoms with Crippen LogP contribution in [0.25, 0.3) is 0 Å². The van der Waals surface area contributed by atoms with Gasteiger partial charge in [-0.05, 0) is 50.1 Å². The lowest BCUT2D eigenvalue weighted by molar-refractivity contribution is -0.140. The molecule has 2 amide bonds. The Kier molecular flexibility index (Phi) is 9.44. The van der Waals surface area contributed by atoms with Crippen LogP contribution >= 0.6 is 11.6 Å². The van der Waals surface area contributed by atoms with Gasteiger partial charge in [-0.15, -0.1) is 0 Å². The van der Waals surface area contributed by atoms with Crippen molar-refractivity contribution in [2.75, 3.05) is 36.9 Å². The molecule has 0 radical (unpaired) electrons. The minimum Gasteiger partial charge on any atom is -0.486 e. The number of hydrogen-bond donors (Lipinski definition) is 1. The molecule has 2 aromatic rings. The number of halogens is 1. The number of nitrogens with one attached hydrogen (secondary N) is 1. The highest BCUT2D eigenvalue weighted by Crippen LogP contribution is 2.34. The van der Waals surface area contributed by atoms with E-state index in [1.165, 1.54) is 9.21 Å². The van der Waals surface area contributed by atoms with Gasteiger partial charge in [0.2, 0.25) is 21.8 Å². The molecule has 196 valence electrons. The second kappa shape index (κ2) is 12.3. The summed E-state index contributed by atoms with van der Waals surface area (Å²) in [5, 5.41) is 3.29. The van der Waals surface area contributed by atoms with E-state index in [0.29, 0.717) is 42.0 Å². The maximum absolute atomic E-state index is 13.3. The van der Waals surface area contributed by atoms with Crippen molar-refractivity contribution in [1.82, 2.24) is 10.2 Å². The molecule has 9 nitrogen and oxygen atoms in total. The van der Waals surface area contributed by atoms with Crippen LogP contribution < -0.4 is 19.1 Å². The average Bonchev–Trinajstić information content (AvgIpc) is 2.83. The van der Waals surface area contributed by atoms with Crippen LogP contribution in [0.3, 0.4) is 0 Å². The molecule has 1 heterocycles. The van der Waals surface area contributed by atoms with Gasteiger partial charge in [-0.1, -0.05) is 23.7 Å². The number of benzene rings is 2. The molecule has 0 aromatic heterocycles. The van der Waals surface area contributed by atoms with E-state index in [0.717, 1.165) is 11.8 Å².